The van der Waals surface area contributed by atoms with Gasteiger partial charge in [-0.3, -0.25) is 4.90 Å². The fourth-order valence-electron chi connectivity index (χ4n) is 3.99. The third kappa shape index (κ3) is 7.10. The van der Waals surface area contributed by atoms with Crippen molar-refractivity contribution in [2.45, 2.75) is 26.1 Å². The first kappa shape index (κ1) is 26.2. The zero-order chi connectivity index (χ0) is 26.0. The molecule has 8 nitrogen and oxygen atoms in total. The largest absolute Gasteiger partial charge is 0.497 e. The van der Waals surface area contributed by atoms with E-state index in [1.165, 1.54) is 0 Å². The first-order valence-electron chi connectivity index (χ1n) is 12.1. The zero-order valence-corrected chi connectivity index (χ0v) is 21.2. The number of furan rings is 1. The molecule has 0 saturated carbocycles. The van der Waals surface area contributed by atoms with E-state index in [1.807, 2.05) is 78.3 Å². The molecule has 0 fully saturated rings. The summed E-state index contributed by atoms with van der Waals surface area (Å²) in [6.45, 7) is 7.56. The Labute approximate surface area is 217 Å². The van der Waals surface area contributed by atoms with E-state index in [9.17, 15) is 5.11 Å². The van der Waals surface area contributed by atoms with Crippen LogP contribution in [0.2, 0.25) is 0 Å². The topological polar surface area (TPSA) is 82.1 Å². The summed E-state index contributed by atoms with van der Waals surface area (Å²) in [5.41, 5.74) is 2.62. The lowest BCUT2D eigenvalue weighted by molar-refractivity contribution is 0.0214. The molecule has 2 heterocycles. The molecule has 37 heavy (non-hydrogen) atoms. The van der Waals surface area contributed by atoms with Gasteiger partial charge in [0.15, 0.2) is 0 Å². The number of hydrogen-bond acceptors (Lipinski definition) is 7. The molecule has 2 aromatic heterocycles. The lowest BCUT2D eigenvalue weighted by atomic mass is 10.2. The SMILES string of the molecule is C=CCOC[C@@H](O)CN(Cc1ccco1)Cc1c(C)nn(-c2ccccc2)c1Oc1ccc(OC)cc1. The molecule has 0 aliphatic carbocycles. The Morgan fingerprint density at radius 1 is 1.05 bits per heavy atom. The van der Waals surface area contributed by atoms with Gasteiger partial charge in [0, 0.05) is 13.1 Å². The highest BCUT2D eigenvalue weighted by molar-refractivity contribution is 5.44. The van der Waals surface area contributed by atoms with Crippen molar-refractivity contribution in [3.8, 4) is 23.1 Å². The molecule has 4 rings (SSSR count). The fourth-order valence-corrected chi connectivity index (χ4v) is 3.99. The van der Waals surface area contributed by atoms with Gasteiger partial charge in [0.2, 0.25) is 5.88 Å². The molecule has 0 amide bonds. The van der Waals surface area contributed by atoms with Crippen LogP contribution in [-0.2, 0) is 17.8 Å². The molecule has 0 unspecified atom stereocenters. The Bertz CT molecular complexity index is 1240. The van der Waals surface area contributed by atoms with Crippen molar-refractivity contribution in [2.24, 2.45) is 0 Å². The molecule has 0 bridgehead atoms. The predicted molar refractivity (Wildman–Crippen MR) is 141 cm³/mol. The summed E-state index contributed by atoms with van der Waals surface area (Å²) in [6, 6.07) is 21.1. The van der Waals surface area contributed by atoms with Gasteiger partial charge in [-0.15, -0.1) is 6.58 Å². The molecule has 2 aromatic carbocycles. The second kappa shape index (κ2) is 12.9. The number of ether oxygens (including phenoxy) is 3. The molecule has 0 saturated heterocycles. The maximum atomic E-state index is 10.7. The minimum atomic E-state index is -0.689. The van der Waals surface area contributed by atoms with Crippen molar-refractivity contribution in [1.82, 2.24) is 14.7 Å². The maximum absolute atomic E-state index is 10.7. The number of nitrogens with zero attached hydrogens (tertiary/aromatic N) is 3. The van der Waals surface area contributed by atoms with Crippen LogP contribution in [0.5, 0.6) is 17.4 Å². The molecule has 194 valence electrons. The highest BCUT2D eigenvalue weighted by Crippen LogP contribution is 2.32. The Balaban J connectivity index is 1.66. The molecule has 8 heteroatoms. The summed E-state index contributed by atoms with van der Waals surface area (Å²) in [4.78, 5) is 2.10. The summed E-state index contributed by atoms with van der Waals surface area (Å²) >= 11 is 0. The number of methoxy groups -OCH3 is 1. The lowest BCUT2D eigenvalue weighted by Crippen LogP contribution is -2.34. The smallest absolute Gasteiger partial charge is 0.227 e. The number of benzene rings is 2. The second-order valence-electron chi connectivity index (χ2n) is 8.62. The van der Waals surface area contributed by atoms with Crippen LogP contribution in [0.1, 0.15) is 17.0 Å². The van der Waals surface area contributed by atoms with Crippen molar-refractivity contribution in [3.05, 3.63) is 103 Å². The molecular formula is C29H33N3O5. The average Bonchev–Trinajstić information content (AvgIpc) is 3.53. The third-order valence-corrected chi connectivity index (χ3v) is 5.77. The van der Waals surface area contributed by atoms with Gasteiger partial charge in [-0.25, -0.2) is 4.68 Å². The lowest BCUT2D eigenvalue weighted by Gasteiger charge is -2.24. The zero-order valence-electron chi connectivity index (χ0n) is 21.2. The van der Waals surface area contributed by atoms with Crippen molar-refractivity contribution in [1.29, 1.82) is 0 Å². The first-order chi connectivity index (χ1) is 18.1. The molecule has 0 aliphatic rings. The summed E-state index contributed by atoms with van der Waals surface area (Å²) in [5.74, 6) is 2.81. The molecular weight excluding hydrogens is 470 g/mol. The Kier molecular flexibility index (Phi) is 9.15. The summed E-state index contributed by atoms with van der Waals surface area (Å²) in [7, 11) is 1.63. The standard InChI is InChI=1S/C29H33N3O5/c1-4-16-35-21-24(33)18-31(19-27-11-8-17-36-27)20-28-22(2)30-32(23-9-6-5-7-10-23)29(28)37-26-14-12-25(34-3)13-15-26/h4-15,17,24,33H,1,16,18-21H2,2-3H3/t24-/m0/s1. The number of aromatic nitrogens is 2. The minimum absolute atomic E-state index is 0.206. The molecule has 1 atom stereocenters. The fraction of sp³-hybridized carbons (Fsp3) is 0.276. The van der Waals surface area contributed by atoms with E-state index in [4.69, 9.17) is 23.7 Å². The van der Waals surface area contributed by atoms with E-state index in [1.54, 1.807) is 19.4 Å². The van der Waals surface area contributed by atoms with E-state index >= 15 is 0 Å². The van der Waals surface area contributed by atoms with Crippen LogP contribution in [0.4, 0.5) is 0 Å². The average molecular weight is 504 g/mol. The van der Waals surface area contributed by atoms with E-state index in [2.05, 4.69) is 11.5 Å². The molecule has 0 radical (unpaired) electrons. The molecule has 0 aliphatic heterocycles. The number of para-hydroxylation sites is 1. The van der Waals surface area contributed by atoms with Crippen LogP contribution < -0.4 is 9.47 Å². The molecule has 1 N–H and O–H groups in total. The second-order valence-corrected chi connectivity index (χ2v) is 8.62. The van der Waals surface area contributed by atoms with Gasteiger partial charge in [0.25, 0.3) is 0 Å². The predicted octanol–water partition coefficient (Wildman–Crippen LogP) is 5.14. The van der Waals surface area contributed by atoms with E-state index in [0.717, 1.165) is 28.5 Å². The minimum Gasteiger partial charge on any atom is -0.497 e. The van der Waals surface area contributed by atoms with Gasteiger partial charge in [0.05, 0.1) is 56.2 Å². The van der Waals surface area contributed by atoms with Crippen molar-refractivity contribution < 1.29 is 23.7 Å². The van der Waals surface area contributed by atoms with E-state index in [0.29, 0.717) is 37.9 Å². The highest BCUT2D eigenvalue weighted by Gasteiger charge is 2.23. The van der Waals surface area contributed by atoms with Gasteiger partial charge in [0.1, 0.15) is 17.3 Å². The van der Waals surface area contributed by atoms with Crippen LogP contribution in [0, 0.1) is 6.92 Å². The number of rotatable bonds is 14. The van der Waals surface area contributed by atoms with Crippen LogP contribution in [0.3, 0.4) is 0 Å². The Morgan fingerprint density at radius 3 is 2.49 bits per heavy atom. The highest BCUT2D eigenvalue weighted by atomic mass is 16.5. The molecule has 4 aromatic rings. The number of aliphatic hydroxyl groups excluding tert-OH is 1. The Hall–Kier alpha value is -3.85. The normalized spacial score (nSPS) is 12.0. The third-order valence-electron chi connectivity index (χ3n) is 5.77. The van der Waals surface area contributed by atoms with Crippen LogP contribution in [0.25, 0.3) is 5.69 Å². The van der Waals surface area contributed by atoms with E-state index < -0.39 is 6.10 Å². The van der Waals surface area contributed by atoms with E-state index in [-0.39, 0.29) is 6.61 Å². The van der Waals surface area contributed by atoms with Gasteiger partial charge >= 0.3 is 0 Å². The van der Waals surface area contributed by atoms with Crippen LogP contribution >= 0.6 is 0 Å². The van der Waals surface area contributed by atoms with Crippen LogP contribution in [0.15, 0.2) is 90.1 Å². The van der Waals surface area contributed by atoms with Crippen molar-refractivity contribution >= 4 is 0 Å². The van der Waals surface area contributed by atoms with Crippen molar-refractivity contribution in [3.63, 3.8) is 0 Å². The number of aryl methyl sites for hydroxylation is 1. The monoisotopic (exact) mass is 503 g/mol. The Morgan fingerprint density at radius 2 is 1.81 bits per heavy atom. The molecule has 0 spiro atoms. The first-order valence-corrected chi connectivity index (χ1v) is 12.1. The van der Waals surface area contributed by atoms with Gasteiger partial charge in [-0.05, 0) is 55.5 Å². The van der Waals surface area contributed by atoms with Gasteiger partial charge < -0.3 is 23.7 Å². The van der Waals surface area contributed by atoms with Gasteiger partial charge in [-0.1, -0.05) is 24.3 Å². The van der Waals surface area contributed by atoms with Crippen molar-refractivity contribution in [2.75, 3.05) is 26.9 Å². The maximum Gasteiger partial charge on any atom is 0.227 e. The van der Waals surface area contributed by atoms with Gasteiger partial charge in [-0.2, -0.15) is 5.10 Å². The summed E-state index contributed by atoms with van der Waals surface area (Å²) in [5, 5.41) is 15.5. The summed E-state index contributed by atoms with van der Waals surface area (Å²) < 4.78 is 24.6. The summed E-state index contributed by atoms with van der Waals surface area (Å²) in [6.07, 6.45) is 2.62. The number of hydrogen-bond donors (Lipinski definition) is 1. The quantitative estimate of drug-likeness (QED) is 0.188. The number of aliphatic hydroxyl groups is 1. The van der Waals surface area contributed by atoms with Crippen LogP contribution in [-0.4, -0.2) is 52.8 Å².